The van der Waals surface area contributed by atoms with Gasteiger partial charge in [-0.25, -0.2) is 4.79 Å². The van der Waals surface area contributed by atoms with Gasteiger partial charge in [0.2, 0.25) is 0 Å². The first-order chi connectivity index (χ1) is 9.38. The van der Waals surface area contributed by atoms with Crippen LogP contribution in [0, 0.1) is 6.92 Å². The monoisotopic (exact) mass is 284 g/mol. The number of hydrogen-bond donors (Lipinski definition) is 2. The molecule has 0 saturated carbocycles. The summed E-state index contributed by atoms with van der Waals surface area (Å²) >= 11 is 0. The minimum absolute atomic E-state index is 0.138. The molecule has 8 nitrogen and oxygen atoms in total. The number of nitrogen functional groups attached to an aromatic ring is 1. The minimum atomic E-state index is -0.922. The number of rotatable bonds is 6. The normalized spacial score (nSPS) is 12.0. The molecule has 112 valence electrons. The van der Waals surface area contributed by atoms with Crippen LogP contribution in [-0.4, -0.2) is 48.0 Å². The summed E-state index contributed by atoms with van der Waals surface area (Å²) in [6, 6.07) is 0. The van der Waals surface area contributed by atoms with Crippen LogP contribution in [0.25, 0.3) is 0 Å². The predicted octanol–water partition coefficient (Wildman–Crippen LogP) is -0.381. The topological polar surface area (TPSA) is 108 Å². The third-order valence-electron chi connectivity index (χ3n) is 2.72. The summed E-state index contributed by atoms with van der Waals surface area (Å²) in [4.78, 5) is 23.6. The Labute approximate surface area is 117 Å². The highest BCUT2D eigenvalue weighted by molar-refractivity contribution is 5.95. The summed E-state index contributed by atoms with van der Waals surface area (Å²) in [7, 11) is 3.12. The van der Waals surface area contributed by atoms with Crippen molar-refractivity contribution in [1.29, 1.82) is 0 Å². The number of amides is 1. The van der Waals surface area contributed by atoms with Crippen LogP contribution in [0.1, 0.15) is 23.1 Å². The first-order valence-electron chi connectivity index (χ1n) is 6.15. The van der Waals surface area contributed by atoms with Gasteiger partial charge in [0.15, 0.2) is 11.8 Å². The van der Waals surface area contributed by atoms with E-state index in [1.54, 1.807) is 14.0 Å². The Morgan fingerprint density at radius 2 is 2.15 bits per heavy atom. The molecule has 8 heteroatoms. The van der Waals surface area contributed by atoms with Crippen LogP contribution in [0.3, 0.4) is 0 Å². The van der Waals surface area contributed by atoms with Crippen molar-refractivity contribution < 1.29 is 19.1 Å². The van der Waals surface area contributed by atoms with Crippen LogP contribution < -0.4 is 11.1 Å². The van der Waals surface area contributed by atoms with E-state index in [9.17, 15) is 9.59 Å². The second-order valence-corrected chi connectivity index (χ2v) is 4.30. The molecule has 1 aromatic heterocycles. The Kier molecular flexibility index (Phi) is 5.51. The molecule has 1 unspecified atom stereocenters. The maximum atomic E-state index is 12.0. The highest BCUT2D eigenvalue weighted by Gasteiger charge is 2.24. The van der Waals surface area contributed by atoms with E-state index >= 15 is 0 Å². The van der Waals surface area contributed by atoms with Crippen molar-refractivity contribution in [2.24, 2.45) is 7.05 Å². The summed E-state index contributed by atoms with van der Waals surface area (Å²) in [5.41, 5.74) is 6.68. The number of methoxy groups -OCH3 is 1. The smallest absolute Gasteiger partial charge is 0.359 e. The summed E-state index contributed by atoms with van der Waals surface area (Å²) in [6.07, 6.45) is -0.922. The van der Waals surface area contributed by atoms with Crippen LogP contribution in [-0.2, 0) is 21.3 Å². The Morgan fingerprint density at radius 1 is 1.50 bits per heavy atom. The Bertz CT molecular complexity index is 498. The molecule has 0 aliphatic heterocycles. The minimum Gasteiger partial charge on any atom is -0.448 e. The number of hydrogen-bond acceptors (Lipinski definition) is 6. The molecule has 3 N–H and O–H groups in total. The van der Waals surface area contributed by atoms with Crippen molar-refractivity contribution in [1.82, 2.24) is 15.1 Å². The van der Waals surface area contributed by atoms with Crippen LogP contribution in [0.4, 0.5) is 5.69 Å². The molecule has 0 aliphatic carbocycles. The van der Waals surface area contributed by atoms with E-state index in [1.165, 1.54) is 18.7 Å². The van der Waals surface area contributed by atoms with Gasteiger partial charge in [0.25, 0.3) is 5.91 Å². The molecule has 1 aromatic rings. The van der Waals surface area contributed by atoms with Crippen molar-refractivity contribution in [2.45, 2.75) is 20.0 Å². The van der Waals surface area contributed by atoms with Crippen LogP contribution in [0.5, 0.6) is 0 Å². The zero-order valence-corrected chi connectivity index (χ0v) is 12.1. The summed E-state index contributed by atoms with van der Waals surface area (Å²) < 4.78 is 11.2. The van der Waals surface area contributed by atoms with E-state index in [4.69, 9.17) is 15.2 Å². The lowest BCUT2D eigenvalue weighted by Gasteiger charge is -2.13. The van der Waals surface area contributed by atoms with Crippen molar-refractivity contribution in [3.05, 3.63) is 11.4 Å². The third-order valence-corrected chi connectivity index (χ3v) is 2.72. The van der Waals surface area contributed by atoms with Gasteiger partial charge in [0.05, 0.1) is 18.0 Å². The standard InChI is InChI=1S/C12H20N4O4/c1-7-9(13)10(16(3)15-7)12(18)20-8(2)11(17)14-5-6-19-4/h8H,5-6,13H2,1-4H3,(H,14,17). The number of esters is 1. The van der Waals surface area contributed by atoms with E-state index in [0.717, 1.165) is 0 Å². The molecule has 1 amide bonds. The van der Waals surface area contributed by atoms with Gasteiger partial charge in [-0.2, -0.15) is 5.10 Å². The molecule has 1 rings (SSSR count). The maximum absolute atomic E-state index is 12.0. The second-order valence-electron chi connectivity index (χ2n) is 4.30. The third kappa shape index (κ3) is 3.70. The van der Waals surface area contributed by atoms with E-state index < -0.39 is 18.0 Å². The number of nitrogens with zero attached hydrogens (tertiary/aromatic N) is 2. The van der Waals surface area contributed by atoms with Crippen LogP contribution in [0.2, 0.25) is 0 Å². The quantitative estimate of drug-likeness (QED) is 0.544. The first kappa shape index (κ1) is 16.0. The van der Waals surface area contributed by atoms with Crippen LogP contribution in [0.15, 0.2) is 0 Å². The molecule has 0 fully saturated rings. The van der Waals surface area contributed by atoms with Gasteiger partial charge in [0, 0.05) is 20.7 Å². The zero-order chi connectivity index (χ0) is 15.3. The van der Waals surface area contributed by atoms with Crippen molar-refractivity contribution in [3.8, 4) is 0 Å². The van der Waals surface area contributed by atoms with Gasteiger partial charge in [-0.15, -0.1) is 0 Å². The van der Waals surface area contributed by atoms with E-state index in [2.05, 4.69) is 10.4 Å². The van der Waals surface area contributed by atoms with Gasteiger partial charge in [-0.05, 0) is 13.8 Å². The highest BCUT2D eigenvalue weighted by Crippen LogP contribution is 2.16. The molecule has 0 radical (unpaired) electrons. The predicted molar refractivity (Wildman–Crippen MR) is 72.1 cm³/mol. The van der Waals surface area contributed by atoms with E-state index in [1.807, 2.05) is 0 Å². The molecule has 0 spiro atoms. The number of nitrogens with one attached hydrogen (secondary N) is 1. The molecule has 20 heavy (non-hydrogen) atoms. The Morgan fingerprint density at radius 3 is 2.65 bits per heavy atom. The fourth-order valence-corrected chi connectivity index (χ4v) is 1.61. The van der Waals surface area contributed by atoms with Crippen molar-refractivity contribution in [2.75, 3.05) is 26.0 Å². The second kappa shape index (κ2) is 6.90. The van der Waals surface area contributed by atoms with Gasteiger partial charge < -0.3 is 20.5 Å². The maximum Gasteiger partial charge on any atom is 0.359 e. The number of aryl methyl sites for hydroxylation is 2. The lowest BCUT2D eigenvalue weighted by atomic mass is 10.3. The highest BCUT2D eigenvalue weighted by atomic mass is 16.5. The molecular formula is C12H20N4O4. The fourth-order valence-electron chi connectivity index (χ4n) is 1.61. The SMILES string of the molecule is COCCNC(=O)C(C)OC(=O)c1c(N)c(C)nn1C. The summed E-state index contributed by atoms with van der Waals surface area (Å²) in [6.45, 7) is 3.91. The average Bonchev–Trinajstić information content (AvgIpc) is 2.63. The number of nitrogens with two attached hydrogens (primary N) is 1. The van der Waals surface area contributed by atoms with Gasteiger partial charge in [-0.3, -0.25) is 9.48 Å². The largest absolute Gasteiger partial charge is 0.448 e. The molecule has 0 bridgehead atoms. The van der Waals surface area contributed by atoms with Gasteiger partial charge in [-0.1, -0.05) is 0 Å². The van der Waals surface area contributed by atoms with Gasteiger partial charge >= 0.3 is 5.97 Å². The van der Waals surface area contributed by atoms with Crippen molar-refractivity contribution in [3.63, 3.8) is 0 Å². The molecule has 1 heterocycles. The number of ether oxygens (including phenoxy) is 2. The molecule has 1 atom stereocenters. The molecule has 0 saturated heterocycles. The van der Waals surface area contributed by atoms with E-state index in [0.29, 0.717) is 18.8 Å². The molecular weight excluding hydrogens is 264 g/mol. The Hall–Kier alpha value is -2.09. The first-order valence-corrected chi connectivity index (χ1v) is 6.15. The Balaban J connectivity index is 2.63. The van der Waals surface area contributed by atoms with Crippen LogP contribution >= 0.6 is 0 Å². The number of carbonyl (C=O) groups is 2. The van der Waals surface area contributed by atoms with E-state index in [-0.39, 0.29) is 11.4 Å². The number of carbonyl (C=O) groups excluding carboxylic acids is 2. The average molecular weight is 284 g/mol. The number of anilines is 1. The molecule has 0 aromatic carbocycles. The number of aromatic nitrogens is 2. The van der Waals surface area contributed by atoms with Gasteiger partial charge in [0.1, 0.15) is 0 Å². The summed E-state index contributed by atoms with van der Waals surface area (Å²) in [5.74, 6) is -1.08. The zero-order valence-electron chi connectivity index (χ0n) is 12.1. The van der Waals surface area contributed by atoms with Crippen molar-refractivity contribution >= 4 is 17.6 Å². The lowest BCUT2D eigenvalue weighted by molar-refractivity contribution is -0.129. The fraction of sp³-hybridized carbons (Fsp3) is 0.583. The lowest BCUT2D eigenvalue weighted by Crippen LogP contribution is -2.37. The molecule has 0 aliphatic rings. The summed E-state index contributed by atoms with van der Waals surface area (Å²) in [5, 5.41) is 6.60.